The van der Waals surface area contributed by atoms with Crippen LogP contribution in [0.1, 0.15) is 16.3 Å². The van der Waals surface area contributed by atoms with Gasteiger partial charge in [-0.3, -0.25) is 9.80 Å². The Morgan fingerprint density at radius 1 is 1.05 bits per heavy atom. The number of hydrogen-bond acceptors (Lipinski definition) is 4. The van der Waals surface area contributed by atoms with Crippen LogP contribution in [0.3, 0.4) is 0 Å². The van der Waals surface area contributed by atoms with E-state index in [1.807, 2.05) is 18.2 Å². The van der Waals surface area contributed by atoms with Gasteiger partial charge in [0.15, 0.2) is 0 Å². The predicted octanol–water partition coefficient (Wildman–Crippen LogP) is 4.08. The molecule has 1 fully saturated rings. The highest BCUT2D eigenvalue weighted by Gasteiger charge is 2.19. The Morgan fingerprint density at radius 2 is 1.64 bits per heavy atom. The maximum atomic E-state index is 6.26. The van der Waals surface area contributed by atoms with Gasteiger partial charge in [0, 0.05) is 60.3 Å². The first-order valence-electron chi connectivity index (χ1n) is 7.40. The molecule has 0 spiro atoms. The van der Waals surface area contributed by atoms with Crippen molar-refractivity contribution in [2.45, 2.75) is 20.0 Å². The Bertz CT molecular complexity index is 616. The molecule has 0 atom stereocenters. The lowest BCUT2D eigenvalue weighted by molar-refractivity contribution is 0.121. The highest BCUT2D eigenvalue weighted by molar-refractivity contribution is 7.09. The van der Waals surface area contributed by atoms with Gasteiger partial charge in [-0.25, -0.2) is 4.98 Å². The van der Waals surface area contributed by atoms with Crippen molar-refractivity contribution in [1.29, 1.82) is 0 Å². The first-order chi connectivity index (χ1) is 10.6. The molecule has 2 aromatic rings. The number of aryl methyl sites for hydroxylation is 1. The van der Waals surface area contributed by atoms with Crippen LogP contribution in [0.5, 0.6) is 0 Å². The number of nitrogens with zero attached hydrogens (tertiary/aromatic N) is 3. The molecule has 0 radical (unpaired) electrons. The third-order valence-electron chi connectivity index (χ3n) is 3.96. The average molecular weight is 356 g/mol. The molecule has 1 saturated heterocycles. The van der Waals surface area contributed by atoms with Gasteiger partial charge < -0.3 is 0 Å². The maximum absolute atomic E-state index is 6.26. The minimum absolute atomic E-state index is 0.757. The quantitative estimate of drug-likeness (QED) is 0.823. The van der Waals surface area contributed by atoms with Crippen molar-refractivity contribution in [3.8, 4) is 0 Å². The predicted molar refractivity (Wildman–Crippen MR) is 93.9 cm³/mol. The van der Waals surface area contributed by atoms with Gasteiger partial charge in [0.2, 0.25) is 0 Å². The summed E-state index contributed by atoms with van der Waals surface area (Å²) in [6, 6.07) is 5.70. The van der Waals surface area contributed by atoms with Crippen LogP contribution in [0.4, 0.5) is 0 Å². The topological polar surface area (TPSA) is 19.4 Å². The molecule has 3 rings (SSSR count). The molecule has 0 unspecified atom stereocenters. The minimum atomic E-state index is 0.757. The molecule has 1 aliphatic heterocycles. The number of rotatable bonds is 4. The van der Waals surface area contributed by atoms with Crippen LogP contribution in [0, 0.1) is 6.92 Å². The first-order valence-corrected chi connectivity index (χ1v) is 9.04. The largest absolute Gasteiger partial charge is 0.296 e. The first kappa shape index (κ1) is 16.2. The molecule has 22 heavy (non-hydrogen) atoms. The van der Waals surface area contributed by atoms with Crippen LogP contribution >= 0.6 is 34.5 Å². The molecule has 0 N–H and O–H groups in total. The van der Waals surface area contributed by atoms with Crippen molar-refractivity contribution >= 4 is 34.5 Å². The molecule has 0 bridgehead atoms. The Balaban J connectivity index is 1.53. The molecule has 0 aliphatic carbocycles. The van der Waals surface area contributed by atoms with Crippen LogP contribution in [-0.2, 0) is 13.1 Å². The Hall–Kier alpha value is -0.650. The van der Waals surface area contributed by atoms with Gasteiger partial charge in [0.1, 0.15) is 0 Å². The van der Waals surface area contributed by atoms with E-state index in [2.05, 4.69) is 27.1 Å². The molecule has 2 heterocycles. The molecule has 118 valence electrons. The fourth-order valence-electron chi connectivity index (χ4n) is 2.72. The summed E-state index contributed by atoms with van der Waals surface area (Å²) in [5.74, 6) is 0. The van der Waals surface area contributed by atoms with Gasteiger partial charge in [0.05, 0.1) is 10.7 Å². The molecule has 1 aliphatic rings. The zero-order valence-corrected chi connectivity index (χ0v) is 14.9. The van der Waals surface area contributed by atoms with Gasteiger partial charge in [0.25, 0.3) is 0 Å². The molecule has 6 heteroatoms. The van der Waals surface area contributed by atoms with Gasteiger partial charge in [-0.05, 0) is 19.1 Å². The average Bonchev–Trinajstić information content (AvgIpc) is 2.90. The summed E-state index contributed by atoms with van der Waals surface area (Å²) in [7, 11) is 0. The molecular weight excluding hydrogens is 337 g/mol. The number of thiazole rings is 1. The van der Waals surface area contributed by atoms with Gasteiger partial charge >= 0.3 is 0 Å². The van der Waals surface area contributed by atoms with E-state index in [9.17, 15) is 0 Å². The van der Waals surface area contributed by atoms with Crippen molar-refractivity contribution in [3.05, 3.63) is 49.9 Å². The van der Waals surface area contributed by atoms with Crippen LogP contribution in [0.2, 0.25) is 10.0 Å². The molecule has 1 aromatic carbocycles. The second-order valence-corrected chi connectivity index (χ2v) is 7.49. The molecule has 1 aromatic heterocycles. The molecule has 3 nitrogen and oxygen atoms in total. The summed E-state index contributed by atoms with van der Waals surface area (Å²) in [5, 5.41) is 4.81. The van der Waals surface area contributed by atoms with Crippen LogP contribution in [0.15, 0.2) is 23.6 Å². The van der Waals surface area contributed by atoms with Crippen molar-refractivity contribution in [2.75, 3.05) is 26.2 Å². The highest BCUT2D eigenvalue weighted by Crippen LogP contribution is 2.26. The maximum Gasteiger partial charge on any atom is 0.0897 e. The van der Waals surface area contributed by atoms with E-state index in [-0.39, 0.29) is 0 Å². The van der Waals surface area contributed by atoms with Gasteiger partial charge in [-0.15, -0.1) is 11.3 Å². The standard InChI is InChI=1S/C16H19Cl2N3S/c1-12-19-13(11-22-12)9-20-5-7-21(8-6-20)10-14-15(17)3-2-4-16(14)18/h2-4,11H,5-10H2,1H3. The van der Waals surface area contributed by atoms with Crippen molar-refractivity contribution in [2.24, 2.45) is 0 Å². The number of halogens is 2. The summed E-state index contributed by atoms with van der Waals surface area (Å²) in [6.07, 6.45) is 0. The molecule has 0 saturated carbocycles. The van der Waals surface area contributed by atoms with E-state index in [4.69, 9.17) is 23.2 Å². The summed E-state index contributed by atoms with van der Waals surface area (Å²) < 4.78 is 0. The summed E-state index contributed by atoms with van der Waals surface area (Å²) in [6.45, 7) is 8.00. The summed E-state index contributed by atoms with van der Waals surface area (Å²) >= 11 is 14.2. The van der Waals surface area contributed by atoms with Crippen LogP contribution in [-0.4, -0.2) is 41.0 Å². The fraction of sp³-hybridized carbons (Fsp3) is 0.438. The smallest absolute Gasteiger partial charge is 0.0897 e. The van der Waals surface area contributed by atoms with Gasteiger partial charge in [-0.2, -0.15) is 0 Å². The van der Waals surface area contributed by atoms with Crippen molar-refractivity contribution in [3.63, 3.8) is 0 Å². The lowest BCUT2D eigenvalue weighted by Crippen LogP contribution is -2.45. The van der Waals surface area contributed by atoms with Crippen molar-refractivity contribution < 1.29 is 0 Å². The monoisotopic (exact) mass is 355 g/mol. The number of benzene rings is 1. The zero-order valence-electron chi connectivity index (χ0n) is 12.6. The van der Waals surface area contributed by atoms with E-state index >= 15 is 0 Å². The zero-order chi connectivity index (χ0) is 15.5. The Morgan fingerprint density at radius 3 is 2.18 bits per heavy atom. The number of hydrogen-bond donors (Lipinski definition) is 0. The normalized spacial score (nSPS) is 17.0. The van der Waals surface area contributed by atoms with E-state index in [1.165, 1.54) is 5.69 Å². The third-order valence-corrected chi connectivity index (χ3v) is 5.49. The number of aromatic nitrogens is 1. The molecule has 0 amide bonds. The van der Waals surface area contributed by atoms with E-state index < -0.39 is 0 Å². The summed E-state index contributed by atoms with van der Waals surface area (Å²) in [5.41, 5.74) is 2.22. The van der Waals surface area contributed by atoms with Gasteiger partial charge in [-0.1, -0.05) is 29.3 Å². The fourth-order valence-corrected chi connectivity index (χ4v) is 3.84. The Labute approximate surface area is 145 Å². The third kappa shape index (κ3) is 4.00. The van der Waals surface area contributed by atoms with E-state index in [0.29, 0.717) is 0 Å². The SMILES string of the molecule is Cc1nc(CN2CCN(Cc3c(Cl)cccc3Cl)CC2)cs1. The Kier molecular flexibility index (Phi) is 5.37. The minimum Gasteiger partial charge on any atom is -0.296 e. The second-order valence-electron chi connectivity index (χ2n) is 5.61. The number of piperazine rings is 1. The van der Waals surface area contributed by atoms with E-state index in [1.54, 1.807) is 11.3 Å². The second kappa shape index (κ2) is 7.28. The van der Waals surface area contributed by atoms with E-state index in [0.717, 1.165) is 59.9 Å². The van der Waals surface area contributed by atoms with Crippen molar-refractivity contribution in [1.82, 2.24) is 14.8 Å². The highest BCUT2D eigenvalue weighted by atomic mass is 35.5. The lowest BCUT2D eigenvalue weighted by Gasteiger charge is -2.34. The summed E-state index contributed by atoms with van der Waals surface area (Å²) in [4.78, 5) is 9.41. The van der Waals surface area contributed by atoms with Crippen LogP contribution < -0.4 is 0 Å². The van der Waals surface area contributed by atoms with Crippen LogP contribution in [0.25, 0.3) is 0 Å². The lowest BCUT2D eigenvalue weighted by atomic mass is 10.2. The molecular formula is C16H19Cl2N3S.